The molecule has 41 heavy (non-hydrogen) atoms. The van der Waals surface area contributed by atoms with Gasteiger partial charge in [0.05, 0.1) is 0 Å². The Balaban J connectivity index is 1.29. The number of rotatable bonds is 9. The van der Waals surface area contributed by atoms with Gasteiger partial charge < -0.3 is 19.5 Å². The fourth-order valence-electron chi connectivity index (χ4n) is 5.11. The molecule has 0 bridgehead atoms. The Kier molecular flexibility index (Phi) is 7.88. The zero-order valence-corrected chi connectivity index (χ0v) is 24.2. The van der Waals surface area contributed by atoms with Gasteiger partial charge in [-0.2, -0.15) is 0 Å². The van der Waals surface area contributed by atoms with Crippen LogP contribution in [-0.4, -0.2) is 48.3 Å². The molecule has 1 amide bonds. The highest BCUT2D eigenvalue weighted by Gasteiger charge is 2.25. The normalized spacial score (nSPS) is 11.0. The van der Waals surface area contributed by atoms with Crippen LogP contribution in [0, 0.1) is 20.8 Å². The van der Waals surface area contributed by atoms with E-state index in [4.69, 9.17) is 0 Å². The number of carbonyl (C=O) groups excluding carboxylic acids is 2. The Morgan fingerprint density at radius 1 is 0.805 bits per heavy atom. The van der Waals surface area contributed by atoms with E-state index in [2.05, 4.69) is 39.2 Å². The lowest BCUT2D eigenvalue weighted by Gasteiger charge is -2.25. The molecule has 3 aromatic heterocycles. The highest BCUT2D eigenvalue weighted by atomic mass is 16.2. The summed E-state index contributed by atoms with van der Waals surface area (Å²) in [4.78, 5) is 35.8. The molecule has 5 aromatic rings. The molecule has 0 radical (unpaired) electrons. The minimum absolute atomic E-state index is 0.362. The van der Waals surface area contributed by atoms with E-state index in [1.165, 1.54) is 5.56 Å². The molecule has 0 fully saturated rings. The molecule has 0 saturated heterocycles. The van der Waals surface area contributed by atoms with Crippen molar-refractivity contribution < 1.29 is 9.59 Å². The van der Waals surface area contributed by atoms with Crippen molar-refractivity contribution in [3.05, 3.63) is 114 Å². The molecular formula is C34H35N5O2. The number of likely N-dealkylation sites (N-methyl/N-ethyl adjacent to an activating group) is 2. The van der Waals surface area contributed by atoms with Crippen LogP contribution in [0.15, 0.2) is 91.0 Å². The predicted molar refractivity (Wildman–Crippen MR) is 167 cm³/mol. The molecule has 0 aliphatic rings. The van der Waals surface area contributed by atoms with Gasteiger partial charge in [-0.3, -0.25) is 9.59 Å². The van der Waals surface area contributed by atoms with Crippen LogP contribution in [0.2, 0.25) is 0 Å². The number of hydrogen-bond acceptors (Lipinski definition) is 5. The minimum atomic E-state index is -0.672. The van der Waals surface area contributed by atoms with Crippen molar-refractivity contribution in [2.75, 3.05) is 42.3 Å². The molecule has 0 aliphatic heterocycles. The second-order valence-corrected chi connectivity index (χ2v) is 10.5. The van der Waals surface area contributed by atoms with Gasteiger partial charge in [0.15, 0.2) is 0 Å². The van der Waals surface area contributed by atoms with Gasteiger partial charge in [0.25, 0.3) is 11.7 Å². The van der Waals surface area contributed by atoms with E-state index >= 15 is 0 Å². The SMILES string of the molecule is Cc1cc(C)nc(N(C)CCN(C)c2ccc(NC(=O)C(=O)c3c(-c4ccccc4)cc4cccc(C)n34)cc2)c1. The molecule has 5 rings (SSSR count). The first kappa shape index (κ1) is 27.6. The summed E-state index contributed by atoms with van der Waals surface area (Å²) in [5.41, 5.74) is 7.51. The number of nitrogens with one attached hydrogen (secondary N) is 1. The maximum Gasteiger partial charge on any atom is 0.298 e. The molecule has 208 valence electrons. The standard InChI is InChI=1S/C34H35N5O2/c1-23-20-24(2)35-31(21-23)38(5)19-18-37(4)28-16-14-27(15-17-28)36-34(41)33(40)32-30(26-11-7-6-8-12-26)22-29-13-9-10-25(3)39(29)32/h6-17,20-22H,18-19H2,1-5H3,(H,36,41). The number of Topliss-reactive ketones (excluding diaryl/α,β-unsaturated/α-hetero) is 1. The number of nitrogens with zero attached hydrogens (tertiary/aromatic N) is 4. The first-order valence-corrected chi connectivity index (χ1v) is 13.7. The van der Waals surface area contributed by atoms with Crippen molar-refractivity contribution in [1.29, 1.82) is 0 Å². The van der Waals surface area contributed by atoms with Gasteiger partial charge >= 0.3 is 0 Å². The number of carbonyl (C=O) groups is 2. The van der Waals surface area contributed by atoms with Crippen molar-refractivity contribution in [2.45, 2.75) is 20.8 Å². The van der Waals surface area contributed by atoms with E-state index in [1.54, 1.807) is 0 Å². The summed E-state index contributed by atoms with van der Waals surface area (Å²) < 4.78 is 1.85. The number of fused-ring (bicyclic) bond motifs is 1. The van der Waals surface area contributed by atoms with Crippen LogP contribution in [0.25, 0.3) is 16.6 Å². The highest BCUT2D eigenvalue weighted by Crippen LogP contribution is 2.29. The molecule has 7 nitrogen and oxygen atoms in total. The minimum Gasteiger partial charge on any atom is -0.373 e. The van der Waals surface area contributed by atoms with E-state index in [-0.39, 0.29) is 0 Å². The zero-order chi connectivity index (χ0) is 29.1. The number of amides is 1. The van der Waals surface area contributed by atoms with Gasteiger partial charge in [-0.15, -0.1) is 0 Å². The molecule has 0 atom stereocenters. The maximum atomic E-state index is 13.6. The van der Waals surface area contributed by atoms with Gasteiger partial charge in [-0.25, -0.2) is 4.98 Å². The third-order valence-corrected chi connectivity index (χ3v) is 7.30. The lowest BCUT2D eigenvalue weighted by molar-refractivity contribution is -0.112. The fraction of sp³-hybridized carbons (Fsp3) is 0.206. The average molecular weight is 546 g/mol. The summed E-state index contributed by atoms with van der Waals surface area (Å²) >= 11 is 0. The van der Waals surface area contributed by atoms with Gasteiger partial charge in [0.2, 0.25) is 0 Å². The molecule has 0 aliphatic carbocycles. The second kappa shape index (κ2) is 11.7. The summed E-state index contributed by atoms with van der Waals surface area (Å²) in [6, 6.07) is 29.2. The van der Waals surface area contributed by atoms with Crippen molar-refractivity contribution in [1.82, 2.24) is 9.38 Å². The molecule has 0 spiro atoms. The largest absolute Gasteiger partial charge is 0.373 e. The van der Waals surface area contributed by atoms with Crippen LogP contribution >= 0.6 is 0 Å². The lowest BCUT2D eigenvalue weighted by Crippen LogP contribution is -2.31. The Hall–Kier alpha value is -4.91. The highest BCUT2D eigenvalue weighted by molar-refractivity contribution is 6.47. The molecule has 0 unspecified atom stereocenters. The summed E-state index contributed by atoms with van der Waals surface area (Å²) in [7, 11) is 4.08. The first-order valence-electron chi connectivity index (χ1n) is 13.7. The number of aromatic nitrogens is 2. The quantitative estimate of drug-likeness (QED) is 0.173. The van der Waals surface area contributed by atoms with Crippen molar-refractivity contribution >= 4 is 34.4 Å². The van der Waals surface area contributed by atoms with Gasteiger partial charge in [-0.1, -0.05) is 36.4 Å². The number of benzene rings is 2. The van der Waals surface area contributed by atoms with Crippen LogP contribution in [-0.2, 0) is 4.79 Å². The summed E-state index contributed by atoms with van der Waals surface area (Å²) in [5, 5.41) is 2.80. The topological polar surface area (TPSA) is 70.0 Å². The number of pyridine rings is 2. The molecule has 7 heteroatoms. The summed E-state index contributed by atoms with van der Waals surface area (Å²) in [5.74, 6) is -0.295. The molecule has 2 aromatic carbocycles. The second-order valence-electron chi connectivity index (χ2n) is 10.5. The zero-order valence-electron chi connectivity index (χ0n) is 24.2. The maximum absolute atomic E-state index is 13.6. The number of aryl methyl sites for hydroxylation is 3. The summed E-state index contributed by atoms with van der Waals surface area (Å²) in [6.45, 7) is 7.61. The molecule has 0 saturated carbocycles. The van der Waals surface area contributed by atoms with Crippen LogP contribution in [0.3, 0.4) is 0 Å². The molecule has 1 N–H and O–H groups in total. The lowest BCUT2D eigenvalue weighted by atomic mass is 10.0. The van der Waals surface area contributed by atoms with Crippen molar-refractivity contribution in [2.24, 2.45) is 0 Å². The van der Waals surface area contributed by atoms with Gasteiger partial charge in [0.1, 0.15) is 11.5 Å². The number of anilines is 3. The van der Waals surface area contributed by atoms with Crippen LogP contribution in [0.4, 0.5) is 17.2 Å². The first-order chi connectivity index (χ1) is 19.7. The molecule has 3 heterocycles. The monoisotopic (exact) mass is 545 g/mol. The van der Waals surface area contributed by atoms with E-state index in [9.17, 15) is 9.59 Å². The predicted octanol–water partition coefficient (Wildman–Crippen LogP) is 6.32. The van der Waals surface area contributed by atoms with Crippen LogP contribution in [0.5, 0.6) is 0 Å². The van der Waals surface area contributed by atoms with E-state index in [0.29, 0.717) is 11.4 Å². The van der Waals surface area contributed by atoms with Crippen LogP contribution in [0.1, 0.15) is 27.4 Å². The fourth-order valence-corrected chi connectivity index (χ4v) is 5.11. The third kappa shape index (κ3) is 5.99. The number of ketones is 1. The average Bonchev–Trinajstić information content (AvgIpc) is 3.36. The third-order valence-electron chi connectivity index (χ3n) is 7.30. The van der Waals surface area contributed by atoms with Crippen LogP contribution < -0.4 is 15.1 Å². The van der Waals surface area contributed by atoms with Gasteiger partial charge in [-0.05, 0) is 86.5 Å². The van der Waals surface area contributed by atoms with E-state index in [1.807, 2.05) is 111 Å². The Bertz CT molecular complexity index is 1690. The van der Waals surface area contributed by atoms with Crippen molar-refractivity contribution in [3.8, 4) is 11.1 Å². The Labute approximate surface area is 241 Å². The molecular weight excluding hydrogens is 510 g/mol. The smallest absolute Gasteiger partial charge is 0.298 e. The Morgan fingerprint density at radius 2 is 1.51 bits per heavy atom. The summed E-state index contributed by atoms with van der Waals surface area (Å²) in [6.07, 6.45) is 0. The van der Waals surface area contributed by atoms with E-state index in [0.717, 1.165) is 52.6 Å². The van der Waals surface area contributed by atoms with E-state index < -0.39 is 11.7 Å². The Morgan fingerprint density at radius 3 is 2.22 bits per heavy atom. The van der Waals surface area contributed by atoms with Crippen molar-refractivity contribution in [3.63, 3.8) is 0 Å². The van der Waals surface area contributed by atoms with Gasteiger partial charge in [0, 0.05) is 61.0 Å². The number of hydrogen-bond donors (Lipinski definition) is 1.